The zero-order valence-electron chi connectivity index (χ0n) is 7.52. The number of methoxy groups -OCH3 is 1. The van der Waals surface area contributed by atoms with Crippen molar-refractivity contribution in [3.8, 4) is 0 Å². The lowest BCUT2D eigenvalue weighted by Gasteiger charge is -2.25. The van der Waals surface area contributed by atoms with Crippen molar-refractivity contribution in [3.63, 3.8) is 0 Å². The molecule has 0 amide bonds. The van der Waals surface area contributed by atoms with E-state index in [1.165, 1.54) is 5.75 Å². The van der Waals surface area contributed by atoms with Crippen LogP contribution in [0.1, 0.15) is 20.3 Å². The van der Waals surface area contributed by atoms with Gasteiger partial charge in [0.15, 0.2) is 0 Å². The van der Waals surface area contributed by atoms with Crippen LogP contribution in [-0.2, 0) is 4.74 Å². The summed E-state index contributed by atoms with van der Waals surface area (Å²) in [5.74, 6) is 1.24. The first-order chi connectivity index (χ1) is 5.14. The predicted octanol–water partition coefficient (Wildman–Crippen LogP) is 1.46. The zero-order valence-corrected chi connectivity index (χ0v) is 8.33. The third kappa shape index (κ3) is 3.01. The van der Waals surface area contributed by atoms with Gasteiger partial charge in [0.1, 0.15) is 0 Å². The third-order valence-electron chi connectivity index (χ3n) is 2.02. The van der Waals surface area contributed by atoms with Gasteiger partial charge < -0.3 is 10.1 Å². The van der Waals surface area contributed by atoms with Gasteiger partial charge in [-0.2, -0.15) is 0 Å². The molecule has 1 saturated heterocycles. The highest BCUT2D eigenvalue weighted by Crippen LogP contribution is 2.24. The van der Waals surface area contributed by atoms with Crippen LogP contribution in [0.2, 0.25) is 0 Å². The molecule has 0 aliphatic carbocycles. The summed E-state index contributed by atoms with van der Waals surface area (Å²) in [6.45, 7) is 5.41. The summed E-state index contributed by atoms with van der Waals surface area (Å²) in [4.78, 5) is 0. The van der Waals surface area contributed by atoms with Gasteiger partial charge >= 0.3 is 0 Å². The van der Waals surface area contributed by atoms with Crippen molar-refractivity contribution in [2.75, 3.05) is 19.4 Å². The molecule has 11 heavy (non-hydrogen) atoms. The highest BCUT2D eigenvalue weighted by molar-refractivity contribution is 8.00. The number of rotatable bonds is 3. The molecule has 1 rings (SSSR count). The van der Waals surface area contributed by atoms with Crippen LogP contribution in [-0.4, -0.2) is 30.4 Å². The molecule has 0 spiro atoms. The van der Waals surface area contributed by atoms with Crippen molar-refractivity contribution in [2.45, 2.75) is 31.2 Å². The van der Waals surface area contributed by atoms with Crippen LogP contribution in [0.4, 0.5) is 0 Å². The minimum absolute atomic E-state index is 0.0228. The van der Waals surface area contributed by atoms with E-state index in [2.05, 4.69) is 19.2 Å². The second kappa shape index (κ2) is 3.78. The molecule has 1 N–H and O–H groups in total. The van der Waals surface area contributed by atoms with E-state index in [4.69, 9.17) is 4.74 Å². The fourth-order valence-corrected chi connectivity index (χ4v) is 2.42. The fraction of sp³-hybridized carbons (Fsp3) is 1.00. The SMILES string of the molecule is COC(C)(C)CC1NCCS1. The Bertz CT molecular complexity index is 121. The summed E-state index contributed by atoms with van der Waals surface area (Å²) in [5.41, 5.74) is 0.0228. The average molecular weight is 175 g/mol. The molecule has 0 bridgehead atoms. The maximum absolute atomic E-state index is 5.35. The van der Waals surface area contributed by atoms with Crippen molar-refractivity contribution >= 4 is 11.8 Å². The molecular formula is C8H17NOS. The minimum Gasteiger partial charge on any atom is -0.379 e. The molecule has 0 aromatic heterocycles. The van der Waals surface area contributed by atoms with E-state index in [0.717, 1.165) is 13.0 Å². The first-order valence-electron chi connectivity index (χ1n) is 4.04. The number of ether oxygens (including phenoxy) is 1. The van der Waals surface area contributed by atoms with Gasteiger partial charge in [0, 0.05) is 25.8 Å². The molecule has 1 fully saturated rings. The number of hydrogen-bond acceptors (Lipinski definition) is 3. The van der Waals surface area contributed by atoms with Gasteiger partial charge in [-0.3, -0.25) is 0 Å². The molecule has 3 heteroatoms. The van der Waals surface area contributed by atoms with Gasteiger partial charge in [0.05, 0.1) is 11.0 Å². The van der Waals surface area contributed by atoms with Gasteiger partial charge in [-0.25, -0.2) is 0 Å². The monoisotopic (exact) mass is 175 g/mol. The predicted molar refractivity (Wildman–Crippen MR) is 50.0 cm³/mol. The maximum Gasteiger partial charge on any atom is 0.0645 e. The van der Waals surface area contributed by atoms with Crippen molar-refractivity contribution < 1.29 is 4.74 Å². The van der Waals surface area contributed by atoms with E-state index < -0.39 is 0 Å². The highest BCUT2D eigenvalue weighted by Gasteiger charge is 2.24. The summed E-state index contributed by atoms with van der Waals surface area (Å²) < 4.78 is 5.35. The normalized spacial score (nSPS) is 25.9. The average Bonchev–Trinajstić information content (AvgIpc) is 2.39. The van der Waals surface area contributed by atoms with E-state index in [9.17, 15) is 0 Å². The van der Waals surface area contributed by atoms with Gasteiger partial charge in [-0.05, 0) is 13.8 Å². The second-order valence-corrected chi connectivity index (χ2v) is 4.79. The first kappa shape index (κ1) is 9.36. The largest absolute Gasteiger partial charge is 0.379 e. The smallest absolute Gasteiger partial charge is 0.0645 e. The molecule has 0 saturated carbocycles. The molecule has 1 unspecified atom stereocenters. The fourth-order valence-electron chi connectivity index (χ4n) is 1.14. The van der Waals surface area contributed by atoms with Crippen LogP contribution in [0, 0.1) is 0 Å². The molecule has 1 heterocycles. The lowest BCUT2D eigenvalue weighted by Crippen LogP contribution is -2.32. The Morgan fingerprint density at radius 2 is 2.36 bits per heavy atom. The Kier molecular flexibility index (Phi) is 3.22. The second-order valence-electron chi connectivity index (χ2n) is 3.48. The van der Waals surface area contributed by atoms with Crippen LogP contribution >= 0.6 is 11.8 Å². The Labute approximate surface area is 73.1 Å². The molecule has 1 atom stereocenters. The Morgan fingerprint density at radius 3 is 2.82 bits per heavy atom. The lowest BCUT2D eigenvalue weighted by atomic mass is 10.1. The van der Waals surface area contributed by atoms with E-state index in [1.807, 2.05) is 11.8 Å². The Balaban J connectivity index is 2.28. The van der Waals surface area contributed by atoms with E-state index in [1.54, 1.807) is 7.11 Å². The molecule has 0 radical (unpaired) electrons. The van der Waals surface area contributed by atoms with Crippen molar-refractivity contribution in [1.29, 1.82) is 0 Å². The van der Waals surface area contributed by atoms with Crippen LogP contribution in [0.3, 0.4) is 0 Å². The summed E-state index contributed by atoms with van der Waals surface area (Å²) in [7, 11) is 1.78. The van der Waals surface area contributed by atoms with Crippen molar-refractivity contribution in [3.05, 3.63) is 0 Å². The summed E-state index contributed by atoms with van der Waals surface area (Å²) >= 11 is 1.99. The van der Waals surface area contributed by atoms with Crippen LogP contribution < -0.4 is 5.32 Å². The lowest BCUT2D eigenvalue weighted by molar-refractivity contribution is 0.0140. The van der Waals surface area contributed by atoms with Crippen LogP contribution in [0.15, 0.2) is 0 Å². The molecule has 1 aliphatic heterocycles. The Hall–Kier alpha value is 0.270. The van der Waals surface area contributed by atoms with Crippen LogP contribution in [0.5, 0.6) is 0 Å². The topological polar surface area (TPSA) is 21.3 Å². The summed E-state index contributed by atoms with van der Waals surface area (Å²) in [6, 6.07) is 0. The molecule has 1 aliphatic rings. The van der Waals surface area contributed by atoms with Gasteiger partial charge in [0.2, 0.25) is 0 Å². The number of nitrogens with one attached hydrogen (secondary N) is 1. The quantitative estimate of drug-likeness (QED) is 0.702. The van der Waals surface area contributed by atoms with Crippen molar-refractivity contribution in [1.82, 2.24) is 5.32 Å². The molecule has 2 nitrogen and oxygen atoms in total. The maximum atomic E-state index is 5.35. The number of thioether (sulfide) groups is 1. The standard InChI is InChI=1S/C8H17NOS/c1-8(2,10-3)6-7-9-4-5-11-7/h7,9H,4-6H2,1-3H3. The van der Waals surface area contributed by atoms with E-state index in [-0.39, 0.29) is 5.60 Å². The number of hydrogen-bond donors (Lipinski definition) is 1. The minimum atomic E-state index is 0.0228. The zero-order chi connectivity index (χ0) is 8.32. The van der Waals surface area contributed by atoms with E-state index in [0.29, 0.717) is 5.37 Å². The summed E-state index contributed by atoms with van der Waals surface area (Å²) in [5, 5.41) is 4.03. The van der Waals surface area contributed by atoms with Crippen LogP contribution in [0.25, 0.3) is 0 Å². The van der Waals surface area contributed by atoms with Gasteiger partial charge in [0.25, 0.3) is 0 Å². The molecule has 0 aromatic carbocycles. The van der Waals surface area contributed by atoms with Gasteiger partial charge in [-0.1, -0.05) is 0 Å². The Morgan fingerprint density at radius 1 is 1.64 bits per heavy atom. The van der Waals surface area contributed by atoms with Crippen molar-refractivity contribution in [2.24, 2.45) is 0 Å². The highest BCUT2D eigenvalue weighted by atomic mass is 32.2. The van der Waals surface area contributed by atoms with Gasteiger partial charge in [-0.15, -0.1) is 11.8 Å². The van der Waals surface area contributed by atoms with E-state index >= 15 is 0 Å². The first-order valence-corrected chi connectivity index (χ1v) is 5.09. The molecule has 66 valence electrons. The molecular weight excluding hydrogens is 158 g/mol. The summed E-state index contributed by atoms with van der Waals surface area (Å²) in [6.07, 6.45) is 1.09. The molecule has 0 aromatic rings. The third-order valence-corrected chi connectivity index (χ3v) is 3.20.